The van der Waals surface area contributed by atoms with E-state index < -0.39 is 0 Å². The van der Waals surface area contributed by atoms with Crippen LogP contribution in [-0.2, 0) is 9.59 Å². The second-order valence-corrected chi connectivity index (χ2v) is 5.45. The van der Waals surface area contributed by atoms with Gasteiger partial charge in [-0.2, -0.15) is 0 Å². The lowest BCUT2D eigenvalue weighted by Gasteiger charge is -2.13. The Labute approximate surface area is 113 Å². The van der Waals surface area contributed by atoms with Gasteiger partial charge in [-0.15, -0.1) is 0 Å². The Hall–Kier alpha value is -1.84. The van der Waals surface area contributed by atoms with E-state index in [1.54, 1.807) is 0 Å². The number of hydrogen-bond acceptors (Lipinski definition) is 2. The van der Waals surface area contributed by atoms with Crippen LogP contribution in [-0.4, -0.2) is 11.8 Å². The number of aryl methyl sites for hydroxylation is 1. The quantitative estimate of drug-likeness (QED) is 0.874. The molecule has 2 N–H and O–H groups in total. The van der Waals surface area contributed by atoms with Crippen molar-refractivity contribution >= 4 is 23.2 Å². The summed E-state index contributed by atoms with van der Waals surface area (Å²) in [5.74, 6) is 0.0323. The van der Waals surface area contributed by atoms with E-state index in [0.717, 1.165) is 29.8 Å². The molecular formula is C15H20N2O2. The molecule has 1 aromatic rings. The van der Waals surface area contributed by atoms with Crippen LogP contribution in [0, 0.1) is 12.3 Å². The van der Waals surface area contributed by atoms with Crippen LogP contribution in [0.15, 0.2) is 18.2 Å². The van der Waals surface area contributed by atoms with Gasteiger partial charge in [0.25, 0.3) is 0 Å². The lowest BCUT2D eigenvalue weighted by Crippen LogP contribution is -2.21. The average Bonchev–Trinajstić information content (AvgIpc) is 3.12. The molecule has 1 saturated carbocycles. The molecule has 19 heavy (non-hydrogen) atoms. The zero-order valence-corrected chi connectivity index (χ0v) is 11.7. The third kappa shape index (κ3) is 3.13. The molecule has 0 bridgehead atoms. The monoisotopic (exact) mass is 260 g/mol. The molecule has 1 aliphatic rings. The Morgan fingerprint density at radius 3 is 2.53 bits per heavy atom. The van der Waals surface area contributed by atoms with E-state index in [0.29, 0.717) is 6.42 Å². The van der Waals surface area contributed by atoms with E-state index in [1.807, 2.05) is 39.0 Å². The molecule has 0 saturated heterocycles. The highest BCUT2D eigenvalue weighted by molar-refractivity contribution is 5.98. The van der Waals surface area contributed by atoms with Crippen LogP contribution >= 0.6 is 0 Å². The smallest absolute Gasteiger partial charge is 0.230 e. The summed E-state index contributed by atoms with van der Waals surface area (Å²) in [6, 6.07) is 5.57. The van der Waals surface area contributed by atoms with Gasteiger partial charge in [0.2, 0.25) is 11.8 Å². The largest absolute Gasteiger partial charge is 0.326 e. The van der Waals surface area contributed by atoms with Gasteiger partial charge in [-0.25, -0.2) is 0 Å². The highest BCUT2D eigenvalue weighted by atomic mass is 16.2. The molecule has 0 spiro atoms. The molecule has 0 heterocycles. The Bertz CT molecular complexity index is 519. The van der Waals surface area contributed by atoms with Gasteiger partial charge < -0.3 is 10.6 Å². The van der Waals surface area contributed by atoms with Crippen molar-refractivity contribution in [2.45, 2.75) is 40.0 Å². The highest BCUT2D eigenvalue weighted by Gasteiger charge is 2.44. The summed E-state index contributed by atoms with van der Waals surface area (Å²) in [6.45, 7) is 5.71. The third-order valence-electron chi connectivity index (χ3n) is 3.64. The number of carbonyl (C=O) groups excluding carboxylic acids is 2. The van der Waals surface area contributed by atoms with Gasteiger partial charge >= 0.3 is 0 Å². The molecule has 2 amide bonds. The fourth-order valence-electron chi connectivity index (χ4n) is 1.77. The molecule has 0 radical (unpaired) electrons. The van der Waals surface area contributed by atoms with E-state index in [4.69, 9.17) is 0 Å². The van der Waals surface area contributed by atoms with Crippen molar-refractivity contribution in [3.05, 3.63) is 23.8 Å². The fourth-order valence-corrected chi connectivity index (χ4v) is 1.77. The number of amides is 2. The van der Waals surface area contributed by atoms with E-state index in [-0.39, 0.29) is 17.2 Å². The number of anilines is 2. The predicted octanol–water partition coefficient (Wildman–Crippen LogP) is 3.08. The number of rotatable bonds is 4. The van der Waals surface area contributed by atoms with Crippen LogP contribution < -0.4 is 10.6 Å². The second-order valence-electron chi connectivity index (χ2n) is 5.45. The van der Waals surface area contributed by atoms with E-state index in [2.05, 4.69) is 10.6 Å². The first-order chi connectivity index (χ1) is 8.94. The second kappa shape index (κ2) is 5.03. The van der Waals surface area contributed by atoms with Crippen LogP contribution in [0.2, 0.25) is 0 Å². The predicted molar refractivity (Wildman–Crippen MR) is 76.1 cm³/mol. The molecule has 1 aliphatic carbocycles. The molecule has 4 heteroatoms. The Kier molecular flexibility index (Phi) is 3.60. The van der Waals surface area contributed by atoms with Crippen LogP contribution in [0.4, 0.5) is 11.4 Å². The van der Waals surface area contributed by atoms with Gasteiger partial charge in [-0.1, -0.05) is 19.9 Å². The third-order valence-corrected chi connectivity index (χ3v) is 3.64. The minimum atomic E-state index is -0.197. The van der Waals surface area contributed by atoms with Crippen molar-refractivity contribution in [1.29, 1.82) is 0 Å². The molecule has 0 unspecified atom stereocenters. The molecule has 0 atom stereocenters. The van der Waals surface area contributed by atoms with Crippen molar-refractivity contribution < 1.29 is 9.59 Å². The zero-order valence-electron chi connectivity index (χ0n) is 11.7. The van der Waals surface area contributed by atoms with Gasteiger partial charge in [-0.05, 0) is 37.5 Å². The van der Waals surface area contributed by atoms with Crippen molar-refractivity contribution in [3.8, 4) is 0 Å². The topological polar surface area (TPSA) is 58.2 Å². The number of nitrogens with one attached hydrogen (secondary N) is 2. The summed E-state index contributed by atoms with van der Waals surface area (Å²) in [5.41, 5.74) is 2.27. The zero-order chi connectivity index (χ0) is 14.0. The maximum atomic E-state index is 12.0. The Morgan fingerprint density at radius 2 is 1.95 bits per heavy atom. The number of carbonyl (C=O) groups is 2. The van der Waals surface area contributed by atoms with Crippen LogP contribution in [0.3, 0.4) is 0 Å². The summed E-state index contributed by atoms with van der Waals surface area (Å²) in [7, 11) is 0. The summed E-state index contributed by atoms with van der Waals surface area (Å²) in [6.07, 6.45) is 2.34. The minimum absolute atomic E-state index is 0.0271. The summed E-state index contributed by atoms with van der Waals surface area (Å²) in [5, 5.41) is 5.75. The van der Waals surface area contributed by atoms with Crippen LogP contribution in [0.1, 0.15) is 38.7 Å². The average molecular weight is 260 g/mol. The molecular weight excluding hydrogens is 240 g/mol. The number of hydrogen-bond donors (Lipinski definition) is 2. The molecule has 0 aliphatic heterocycles. The molecule has 2 rings (SSSR count). The Balaban J connectivity index is 2.11. The molecule has 1 aromatic carbocycles. The van der Waals surface area contributed by atoms with E-state index >= 15 is 0 Å². The summed E-state index contributed by atoms with van der Waals surface area (Å²) >= 11 is 0. The normalized spacial score (nSPS) is 15.7. The standard InChI is InChI=1S/C15H20N2O2/c1-4-13(18)17-12-9-11(6-5-10(12)2)16-14(19)15(3)7-8-15/h5-6,9H,4,7-8H2,1-3H3,(H,16,19)(H,17,18). The molecule has 102 valence electrons. The maximum Gasteiger partial charge on any atom is 0.230 e. The first-order valence-electron chi connectivity index (χ1n) is 6.66. The highest BCUT2D eigenvalue weighted by Crippen LogP contribution is 2.45. The van der Waals surface area contributed by atoms with Crippen molar-refractivity contribution in [3.63, 3.8) is 0 Å². The Morgan fingerprint density at radius 1 is 1.26 bits per heavy atom. The van der Waals surface area contributed by atoms with Crippen LogP contribution in [0.5, 0.6) is 0 Å². The van der Waals surface area contributed by atoms with Gasteiger partial charge in [-0.3, -0.25) is 9.59 Å². The van der Waals surface area contributed by atoms with E-state index in [1.165, 1.54) is 0 Å². The first kappa shape index (κ1) is 13.6. The van der Waals surface area contributed by atoms with Gasteiger partial charge in [0, 0.05) is 23.2 Å². The summed E-state index contributed by atoms with van der Waals surface area (Å²) < 4.78 is 0. The van der Waals surface area contributed by atoms with Gasteiger partial charge in [0.05, 0.1) is 0 Å². The first-order valence-corrected chi connectivity index (χ1v) is 6.66. The van der Waals surface area contributed by atoms with Crippen molar-refractivity contribution in [2.24, 2.45) is 5.41 Å². The molecule has 4 nitrogen and oxygen atoms in total. The lowest BCUT2D eigenvalue weighted by atomic mass is 10.1. The molecule has 1 fully saturated rings. The van der Waals surface area contributed by atoms with Crippen molar-refractivity contribution in [1.82, 2.24) is 0 Å². The lowest BCUT2D eigenvalue weighted by molar-refractivity contribution is -0.120. The molecule has 0 aromatic heterocycles. The van der Waals surface area contributed by atoms with Crippen molar-refractivity contribution in [2.75, 3.05) is 10.6 Å². The van der Waals surface area contributed by atoms with Crippen LogP contribution in [0.25, 0.3) is 0 Å². The SMILES string of the molecule is CCC(=O)Nc1cc(NC(=O)C2(C)CC2)ccc1C. The minimum Gasteiger partial charge on any atom is -0.326 e. The number of benzene rings is 1. The van der Waals surface area contributed by atoms with E-state index in [9.17, 15) is 9.59 Å². The maximum absolute atomic E-state index is 12.0. The summed E-state index contributed by atoms with van der Waals surface area (Å²) in [4.78, 5) is 23.4. The van der Waals surface area contributed by atoms with Gasteiger partial charge in [0.15, 0.2) is 0 Å². The van der Waals surface area contributed by atoms with Gasteiger partial charge in [0.1, 0.15) is 0 Å². The fraction of sp³-hybridized carbons (Fsp3) is 0.467.